The molecule has 1 aliphatic carbocycles. The van der Waals surface area contributed by atoms with Crippen LogP contribution in [-0.2, 0) is 5.92 Å². The molecule has 1 aromatic rings. The van der Waals surface area contributed by atoms with Crippen LogP contribution in [0.3, 0.4) is 0 Å². The van der Waals surface area contributed by atoms with Crippen LogP contribution in [0, 0.1) is 5.41 Å². The second-order valence-electron chi connectivity index (χ2n) is 5.52. The molecule has 1 fully saturated rings. The lowest BCUT2D eigenvalue weighted by molar-refractivity contribution is -0.289. The summed E-state index contributed by atoms with van der Waals surface area (Å²) in [6.07, 6.45) is -5.58. The van der Waals surface area contributed by atoms with Gasteiger partial charge in [0.15, 0.2) is 0 Å². The molecule has 0 amide bonds. The van der Waals surface area contributed by atoms with E-state index >= 15 is 0 Å². The van der Waals surface area contributed by atoms with E-state index in [9.17, 15) is 22.0 Å². The van der Waals surface area contributed by atoms with Crippen molar-refractivity contribution in [2.45, 2.75) is 37.9 Å². The maximum Gasteiger partial charge on any atom is 0.458 e. The minimum absolute atomic E-state index is 0.000981. The van der Waals surface area contributed by atoms with Crippen molar-refractivity contribution < 1.29 is 22.0 Å². The summed E-state index contributed by atoms with van der Waals surface area (Å²) in [4.78, 5) is 0. The third-order valence-corrected chi connectivity index (χ3v) is 3.90. The number of halogens is 5. The lowest BCUT2D eigenvalue weighted by atomic mass is 10.00. The molecule has 0 saturated heterocycles. The van der Waals surface area contributed by atoms with E-state index < -0.39 is 17.7 Å². The van der Waals surface area contributed by atoms with Crippen molar-refractivity contribution >= 4 is 0 Å². The Balaban J connectivity index is 2.26. The topological polar surface area (TPSA) is 26.0 Å². The molecule has 106 valence electrons. The molecule has 1 nitrogen and oxygen atoms in total. The summed E-state index contributed by atoms with van der Waals surface area (Å²) in [6, 6.07) is 4.15. The van der Waals surface area contributed by atoms with Gasteiger partial charge in [-0.2, -0.15) is 22.0 Å². The molecule has 1 aliphatic rings. The zero-order valence-electron chi connectivity index (χ0n) is 10.4. The van der Waals surface area contributed by atoms with Crippen molar-refractivity contribution in [3.8, 4) is 0 Å². The normalized spacial score (nSPS) is 26.3. The lowest BCUT2D eigenvalue weighted by Gasteiger charge is -2.20. The summed E-state index contributed by atoms with van der Waals surface area (Å²) in [5, 5.41) is 0. The first-order valence-corrected chi connectivity index (χ1v) is 5.80. The average molecular weight is 279 g/mol. The van der Waals surface area contributed by atoms with Crippen molar-refractivity contribution in [1.82, 2.24) is 0 Å². The van der Waals surface area contributed by atoms with Gasteiger partial charge in [-0.15, -0.1) is 0 Å². The highest BCUT2D eigenvalue weighted by Gasteiger charge is 2.59. The van der Waals surface area contributed by atoms with Gasteiger partial charge in [-0.25, -0.2) is 0 Å². The van der Waals surface area contributed by atoms with Gasteiger partial charge in [0, 0.05) is 17.5 Å². The zero-order valence-corrected chi connectivity index (χ0v) is 10.4. The highest BCUT2D eigenvalue weighted by Crippen LogP contribution is 2.57. The van der Waals surface area contributed by atoms with Crippen LogP contribution in [0.15, 0.2) is 24.3 Å². The van der Waals surface area contributed by atoms with E-state index in [4.69, 9.17) is 5.73 Å². The van der Waals surface area contributed by atoms with Crippen LogP contribution in [-0.4, -0.2) is 12.2 Å². The first-order chi connectivity index (χ1) is 8.49. The van der Waals surface area contributed by atoms with Crippen molar-refractivity contribution in [3.63, 3.8) is 0 Å². The van der Waals surface area contributed by atoms with Gasteiger partial charge in [-0.05, 0) is 11.0 Å². The van der Waals surface area contributed by atoms with Gasteiger partial charge in [-0.1, -0.05) is 38.1 Å². The summed E-state index contributed by atoms with van der Waals surface area (Å²) in [5.41, 5.74) is 5.34. The van der Waals surface area contributed by atoms with Crippen molar-refractivity contribution in [2.75, 3.05) is 0 Å². The summed E-state index contributed by atoms with van der Waals surface area (Å²) in [6.45, 7) is 3.86. The Kier molecular flexibility index (Phi) is 2.93. The van der Waals surface area contributed by atoms with E-state index in [2.05, 4.69) is 0 Å². The van der Waals surface area contributed by atoms with E-state index in [1.54, 1.807) is 0 Å². The first-order valence-electron chi connectivity index (χ1n) is 5.80. The average Bonchev–Trinajstić information content (AvgIpc) is 2.77. The minimum Gasteiger partial charge on any atom is -0.327 e. The molecule has 0 aliphatic heterocycles. The summed E-state index contributed by atoms with van der Waals surface area (Å²) < 4.78 is 62.8. The maximum atomic E-state index is 13.1. The van der Waals surface area contributed by atoms with E-state index in [0.29, 0.717) is 5.56 Å². The van der Waals surface area contributed by atoms with Crippen molar-refractivity contribution in [2.24, 2.45) is 11.1 Å². The molecular formula is C13H14F5N. The summed E-state index contributed by atoms with van der Waals surface area (Å²) in [5.74, 6) is -4.83. The molecule has 2 N–H and O–H groups in total. The van der Waals surface area contributed by atoms with Crippen LogP contribution in [0.1, 0.15) is 30.9 Å². The smallest absolute Gasteiger partial charge is 0.327 e. The molecule has 0 bridgehead atoms. The summed E-state index contributed by atoms with van der Waals surface area (Å²) in [7, 11) is 0. The van der Waals surface area contributed by atoms with Gasteiger partial charge >= 0.3 is 12.1 Å². The fraction of sp³-hybridized carbons (Fsp3) is 0.538. The Morgan fingerprint density at radius 1 is 1.00 bits per heavy atom. The Bertz CT molecular complexity index is 475. The second-order valence-corrected chi connectivity index (χ2v) is 5.52. The Hall–Kier alpha value is -1.17. The SMILES string of the molecule is CC1(C)C(N)C1c1ccc(C(F)(F)C(F)(F)F)cc1. The molecule has 0 radical (unpaired) electrons. The number of nitrogens with two attached hydrogens (primary N) is 1. The predicted molar refractivity (Wildman–Crippen MR) is 60.9 cm³/mol. The Morgan fingerprint density at radius 2 is 1.42 bits per heavy atom. The number of alkyl halides is 5. The molecule has 2 atom stereocenters. The van der Waals surface area contributed by atoms with Crippen LogP contribution in [0.5, 0.6) is 0 Å². The van der Waals surface area contributed by atoms with Crippen LogP contribution in [0.2, 0.25) is 0 Å². The molecule has 2 rings (SSSR count). The van der Waals surface area contributed by atoms with E-state index in [-0.39, 0.29) is 17.4 Å². The van der Waals surface area contributed by atoms with Crippen LogP contribution in [0.25, 0.3) is 0 Å². The van der Waals surface area contributed by atoms with E-state index in [1.807, 2.05) is 13.8 Å². The van der Waals surface area contributed by atoms with Crippen LogP contribution in [0.4, 0.5) is 22.0 Å². The van der Waals surface area contributed by atoms with Crippen LogP contribution < -0.4 is 5.73 Å². The van der Waals surface area contributed by atoms with E-state index in [1.165, 1.54) is 12.1 Å². The van der Waals surface area contributed by atoms with E-state index in [0.717, 1.165) is 12.1 Å². The van der Waals surface area contributed by atoms with Gasteiger partial charge in [0.05, 0.1) is 0 Å². The largest absolute Gasteiger partial charge is 0.458 e. The standard InChI is InChI=1S/C13H14F5N/c1-11(2)9(10(11)19)7-3-5-8(6-4-7)12(14,15)13(16,17)18/h3-6,9-10H,19H2,1-2H3. The molecule has 2 unspecified atom stereocenters. The number of rotatable bonds is 2. The second kappa shape index (κ2) is 3.91. The lowest BCUT2D eigenvalue weighted by Crippen LogP contribution is -2.33. The number of hydrogen-bond acceptors (Lipinski definition) is 1. The van der Waals surface area contributed by atoms with Gasteiger partial charge < -0.3 is 5.73 Å². The Morgan fingerprint density at radius 3 is 1.74 bits per heavy atom. The highest BCUT2D eigenvalue weighted by molar-refractivity contribution is 5.37. The molecule has 19 heavy (non-hydrogen) atoms. The number of benzene rings is 1. The molecule has 0 spiro atoms. The van der Waals surface area contributed by atoms with Gasteiger partial charge in [-0.3, -0.25) is 0 Å². The molecule has 1 saturated carbocycles. The predicted octanol–water partition coefficient (Wildman–Crippen LogP) is 3.79. The molecule has 1 aromatic carbocycles. The third kappa shape index (κ3) is 2.12. The molecule has 0 heterocycles. The molecule has 6 heteroatoms. The summed E-state index contributed by atoms with van der Waals surface area (Å²) >= 11 is 0. The van der Waals surface area contributed by atoms with Gasteiger partial charge in [0.1, 0.15) is 0 Å². The molecule has 0 aromatic heterocycles. The fourth-order valence-electron chi connectivity index (χ4n) is 2.38. The monoisotopic (exact) mass is 279 g/mol. The quantitative estimate of drug-likeness (QED) is 0.819. The zero-order chi connectivity index (χ0) is 14.6. The van der Waals surface area contributed by atoms with Crippen LogP contribution >= 0.6 is 0 Å². The highest BCUT2D eigenvalue weighted by atomic mass is 19.4. The third-order valence-electron chi connectivity index (χ3n) is 3.90. The van der Waals surface area contributed by atoms with Gasteiger partial charge in [0.25, 0.3) is 0 Å². The van der Waals surface area contributed by atoms with Gasteiger partial charge in [0.2, 0.25) is 0 Å². The van der Waals surface area contributed by atoms with Crippen molar-refractivity contribution in [3.05, 3.63) is 35.4 Å². The fourth-order valence-corrected chi connectivity index (χ4v) is 2.38. The molecular weight excluding hydrogens is 265 g/mol. The Labute approximate surface area is 107 Å². The van der Waals surface area contributed by atoms with Crippen molar-refractivity contribution in [1.29, 1.82) is 0 Å². The number of hydrogen-bond donors (Lipinski definition) is 1. The first kappa shape index (κ1) is 14.2. The minimum atomic E-state index is -5.58. The maximum absolute atomic E-state index is 13.1.